The summed E-state index contributed by atoms with van der Waals surface area (Å²) < 4.78 is 6.97. The highest BCUT2D eigenvalue weighted by molar-refractivity contribution is 5.82. The lowest BCUT2D eigenvalue weighted by atomic mass is 9.90. The first-order valence-electron chi connectivity index (χ1n) is 8.16. The first-order valence-corrected chi connectivity index (χ1v) is 8.16. The molecule has 0 radical (unpaired) electrons. The topological polar surface area (TPSA) is 85.3 Å². The molecule has 0 saturated heterocycles. The Balaban J connectivity index is 1.80. The van der Waals surface area contributed by atoms with Gasteiger partial charge in [-0.3, -0.25) is 4.79 Å². The molecule has 4 heterocycles. The number of carbonyl (C=O) groups excluding carboxylic acids is 1. The van der Waals surface area contributed by atoms with Crippen LogP contribution < -0.4 is 5.32 Å². The maximum absolute atomic E-state index is 12.3. The highest BCUT2D eigenvalue weighted by Crippen LogP contribution is 2.36. The molecule has 0 aliphatic carbocycles. The van der Waals surface area contributed by atoms with Gasteiger partial charge in [0.25, 0.3) is 0 Å². The molecule has 25 heavy (non-hydrogen) atoms. The van der Waals surface area contributed by atoms with Gasteiger partial charge in [0.15, 0.2) is 0 Å². The molecule has 1 atom stereocenters. The number of nitrogens with one attached hydrogen (secondary N) is 1. The van der Waals surface area contributed by atoms with E-state index in [-0.39, 0.29) is 11.8 Å². The van der Waals surface area contributed by atoms with Gasteiger partial charge < -0.3 is 9.72 Å². The first-order chi connectivity index (χ1) is 12.2. The number of pyridine rings is 1. The summed E-state index contributed by atoms with van der Waals surface area (Å²) in [7, 11) is 0. The molecule has 1 N–H and O–H groups in total. The number of nitrogens with zero attached hydrogens (tertiary/aromatic N) is 4. The molecule has 1 amide bonds. The molecule has 7 nitrogen and oxygen atoms in total. The summed E-state index contributed by atoms with van der Waals surface area (Å²) in [5.74, 6) is -0.164. The summed E-state index contributed by atoms with van der Waals surface area (Å²) in [5, 5.41) is 10.9. The van der Waals surface area contributed by atoms with Crippen molar-refractivity contribution in [2.75, 3.05) is 0 Å². The molecular formula is C18H15N5O2. The van der Waals surface area contributed by atoms with Crippen LogP contribution in [0.1, 0.15) is 34.9 Å². The summed E-state index contributed by atoms with van der Waals surface area (Å²) in [6.07, 6.45) is 2.35. The monoisotopic (exact) mass is 333 g/mol. The smallest absolute Gasteiger partial charge is 0.221 e. The number of benzene rings is 1. The Hall–Kier alpha value is -3.22. The zero-order valence-electron chi connectivity index (χ0n) is 13.6. The SMILES string of the molecule is Cc1ccn2c3c(nc2c1)CNC(=O)C[C@H]3c1cccc2nonc12. The molecule has 1 aliphatic rings. The van der Waals surface area contributed by atoms with E-state index in [0.29, 0.717) is 24.0 Å². The lowest BCUT2D eigenvalue weighted by molar-refractivity contribution is -0.121. The van der Waals surface area contributed by atoms with Crippen LogP contribution in [0.5, 0.6) is 0 Å². The van der Waals surface area contributed by atoms with Crippen molar-refractivity contribution in [1.82, 2.24) is 25.0 Å². The van der Waals surface area contributed by atoms with Gasteiger partial charge in [0.1, 0.15) is 16.7 Å². The van der Waals surface area contributed by atoms with Gasteiger partial charge in [0, 0.05) is 18.5 Å². The number of hydrogen-bond donors (Lipinski definition) is 1. The van der Waals surface area contributed by atoms with Crippen molar-refractivity contribution in [2.24, 2.45) is 0 Å². The van der Waals surface area contributed by atoms with Crippen molar-refractivity contribution in [3.63, 3.8) is 0 Å². The number of amides is 1. The van der Waals surface area contributed by atoms with Crippen LogP contribution in [0.3, 0.4) is 0 Å². The summed E-state index contributed by atoms with van der Waals surface area (Å²) in [4.78, 5) is 17.0. The molecule has 1 aromatic carbocycles. The van der Waals surface area contributed by atoms with E-state index in [1.165, 1.54) is 0 Å². The molecule has 5 rings (SSSR count). The summed E-state index contributed by atoms with van der Waals surface area (Å²) in [6, 6.07) is 9.84. The van der Waals surface area contributed by atoms with E-state index in [2.05, 4.69) is 20.0 Å². The molecule has 4 aromatic rings. The van der Waals surface area contributed by atoms with E-state index in [0.717, 1.165) is 28.2 Å². The van der Waals surface area contributed by atoms with Gasteiger partial charge in [-0.25, -0.2) is 9.61 Å². The lowest BCUT2D eigenvalue weighted by Gasteiger charge is -2.15. The molecule has 0 bridgehead atoms. The molecule has 3 aromatic heterocycles. The minimum Gasteiger partial charge on any atom is -0.350 e. The molecule has 1 aliphatic heterocycles. The van der Waals surface area contributed by atoms with Gasteiger partial charge >= 0.3 is 0 Å². The van der Waals surface area contributed by atoms with Crippen LogP contribution >= 0.6 is 0 Å². The fourth-order valence-electron chi connectivity index (χ4n) is 3.62. The largest absolute Gasteiger partial charge is 0.350 e. The molecule has 7 heteroatoms. The maximum Gasteiger partial charge on any atom is 0.221 e. The van der Waals surface area contributed by atoms with Gasteiger partial charge in [-0.15, -0.1) is 0 Å². The van der Waals surface area contributed by atoms with Crippen LogP contribution in [0.2, 0.25) is 0 Å². The van der Waals surface area contributed by atoms with Crippen LogP contribution in [-0.4, -0.2) is 25.6 Å². The van der Waals surface area contributed by atoms with E-state index < -0.39 is 0 Å². The van der Waals surface area contributed by atoms with E-state index in [4.69, 9.17) is 9.61 Å². The van der Waals surface area contributed by atoms with Gasteiger partial charge in [0.05, 0.1) is 17.9 Å². The molecule has 0 fully saturated rings. The predicted molar refractivity (Wildman–Crippen MR) is 90.0 cm³/mol. The van der Waals surface area contributed by atoms with Crippen LogP contribution in [0, 0.1) is 6.92 Å². The third kappa shape index (κ3) is 2.12. The third-order valence-corrected chi connectivity index (χ3v) is 4.76. The minimum absolute atomic E-state index is 0.00248. The normalized spacial score (nSPS) is 17.5. The fourth-order valence-corrected chi connectivity index (χ4v) is 3.62. The van der Waals surface area contributed by atoms with Crippen LogP contribution in [0.25, 0.3) is 16.7 Å². The van der Waals surface area contributed by atoms with Crippen LogP contribution in [0.4, 0.5) is 0 Å². The Kier molecular flexibility index (Phi) is 2.91. The number of aromatic nitrogens is 4. The van der Waals surface area contributed by atoms with E-state index in [9.17, 15) is 4.79 Å². The Morgan fingerprint density at radius 2 is 2.20 bits per heavy atom. The van der Waals surface area contributed by atoms with E-state index in [1.54, 1.807) is 0 Å². The quantitative estimate of drug-likeness (QED) is 0.578. The molecular weight excluding hydrogens is 318 g/mol. The Morgan fingerprint density at radius 1 is 1.28 bits per heavy atom. The fraction of sp³-hybridized carbons (Fsp3) is 0.222. The number of imidazole rings is 1. The second kappa shape index (κ2) is 5.14. The van der Waals surface area contributed by atoms with Gasteiger partial charge in [-0.05, 0) is 46.6 Å². The Bertz CT molecular complexity index is 1130. The van der Waals surface area contributed by atoms with Crippen molar-refractivity contribution >= 4 is 22.6 Å². The molecule has 0 unspecified atom stereocenters. The Morgan fingerprint density at radius 3 is 3.12 bits per heavy atom. The maximum atomic E-state index is 12.3. The van der Waals surface area contributed by atoms with Gasteiger partial charge in [-0.1, -0.05) is 12.1 Å². The lowest BCUT2D eigenvalue weighted by Crippen LogP contribution is -2.21. The van der Waals surface area contributed by atoms with Crippen molar-refractivity contribution in [3.8, 4) is 0 Å². The third-order valence-electron chi connectivity index (χ3n) is 4.76. The van der Waals surface area contributed by atoms with E-state index >= 15 is 0 Å². The number of rotatable bonds is 1. The molecule has 0 spiro atoms. The average molecular weight is 333 g/mol. The highest BCUT2D eigenvalue weighted by atomic mass is 16.6. The molecule has 124 valence electrons. The average Bonchev–Trinajstić information content (AvgIpc) is 3.18. The van der Waals surface area contributed by atoms with E-state index in [1.807, 2.05) is 43.5 Å². The number of carbonyl (C=O) groups is 1. The standard InChI is InChI=1S/C18H15N5O2/c1-10-5-6-23-15(7-10)20-14-9-19-16(24)8-12(18(14)23)11-3-2-4-13-17(11)22-25-21-13/h2-7,12H,8-9H2,1H3,(H,19,24)/t12-/m0/s1. The number of fused-ring (bicyclic) bond motifs is 4. The summed E-state index contributed by atoms with van der Waals surface area (Å²) in [6.45, 7) is 2.47. The zero-order chi connectivity index (χ0) is 17.0. The minimum atomic E-state index is -0.161. The van der Waals surface area contributed by atoms with Crippen LogP contribution in [0.15, 0.2) is 41.2 Å². The van der Waals surface area contributed by atoms with Crippen LogP contribution in [-0.2, 0) is 11.3 Å². The summed E-state index contributed by atoms with van der Waals surface area (Å²) in [5.41, 5.74) is 6.24. The van der Waals surface area contributed by atoms with Crippen molar-refractivity contribution in [3.05, 3.63) is 59.0 Å². The Labute approximate surface area is 142 Å². The van der Waals surface area contributed by atoms with Gasteiger partial charge in [-0.2, -0.15) is 0 Å². The van der Waals surface area contributed by atoms with Crippen molar-refractivity contribution < 1.29 is 9.42 Å². The summed E-state index contributed by atoms with van der Waals surface area (Å²) >= 11 is 0. The second-order valence-electron chi connectivity index (χ2n) is 6.39. The van der Waals surface area contributed by atoms with Crippen molar-refractivity contribution in [1.29, 1.82) is 0 Å². The molecule has 0 saturated carbocycles. The predicted octanol–water partition coefficient (Wildman–Crippen LogP) is 2.33. The highest BCUT2D eigenvalue weighted by Gasteiger charge is 2.30. The van der Waals surface area contributed by atoms with Gasteiger partial charge in [0.2, 0.25) is 5.91 Å². The first kappa shape index (κ1) is 14.2. The zero-order valence-corrected chi connectivity index (χ0v) is 13.6. The number of hydrogen-bond acceptors (Lipinski definition) is 5. The number of aryl methyl sites for hydroxylation is 1. The second-order valence-corrected chi connectivity index (χ2v) is 6.39. The van der Waals surface area contributed by atoms with Crippen molar-refractivity contribution in [2.45, 2.75) is 25.8 Å².